The summed E-state index contributed by atoms with van der Waals surface area (Å²) in [5.74, 6) is -0.157. The third-order valence-corrected chi connectivity index (χ3v) is 3.16. The van der Waals surface area contributed by atoms with Crippen molar-refractivity contribution in [3.8, 4) is 0 Å². The number of hydrogen-bond acceptors (Lipinski definition) is 3. The molecule has 1 heterocycles. The first-order valence-corrected chi connectivity index (χ1v) is 6.17. The maximum absolute atomic E-state index is 12.2. The van der Waals surface area contributed by atoms with Gasteiger partial charge in [-0.1, -0.05) is 18.2 Å². The Bertz CT molecular complexity index is 576. The molecule has 5 heteroatoms. The predicted molar refractivity (Wildman–Crippen MR) is 75.1 cm³/mol. The molecule has 19 heavy (non-hydrogen) atoms. The van der Waals surface area contributed by atoms with E-state index in [0.29, 0.717) is 5.69 Å². The molecule has 0 saturated carbocycles. The van der Waals surface area contributed by atoms with Gasteiger partial charge in [0.25, 0.3) is 5.91 Å². The molecule has 2 N–H and O–H groups in total. The van der Waals surface area contributed by atoms with E-state index < -0.39 is 0 Å². The molecule has 0 aliphatic heterocycles. The van der Waals surface area contributed by atoms with Gasteiger partial charge in [0, 0.05) is 18.8 Å². The minimum absolute atomic E-state index is 0.157. The summed E-state index contributed by atoms with van der Waals surface area (Å²) in [5, 5.41) is 6.10. The molecule has 1 unspecified atom stereocenters. The van der Waals surface area contributed by atoms with Crippen molar-refractivity contribution in [2.24, 2.45) is 7.05 Å². The van der Waals surface area contributed by atoms with Crippen molar-refractivity contribution in [2.75, 3.05) is 12.4 Å². The maximum atomic E-state index is 12.2. The molecule has 1 aromatic heterocycles. The lowest BCUT2D eigenvalue weighted by atomic mass is 10.1. The van der Waals surface area contributed by atoms with Crippen molar-refractivity contribution < 1.29 is 4.79 Å². The molecule has 5 nitrogen and oxygen atoms in total. The fraction of sp³-hybridized carbons (Fsp3) is 0.286. The smallest absolute Gasteiger partial charge is 0.273 e. The summed E-state index contributed by atoms with van der Waals surface area (Å²) in [4.78, 5) is 16.1. The van der Waals surface area contributed by atoms with E-state index in [1.54, 1.807) is 24.1 Å². The highest BCUT2D eigenvalue weighted by Crippen LogP contribution is 2.22. The molecule has 2 aromatic rings. The summed E-state index contributed by atoms with van der Waals surface area (Å²) >= 11 is 0. The van der Waals surface area contributed by atoms with Crippen LogP contribution in [0.15, 0.2) is 36.8 Å². The highest BCUT2D eigenvalue weighted by atomic mass is 16.2. The third-order valence-electron chi connectivity index (χ3n) is 3.16. The topological polar surface area (TPSA) is 58.9 Å². The van der Waals surface area contributed by atoms with Gasteiger partial charge < -0.3 is 15.2 Å². The Morgan fingerprint density at radius 3 is 2.74 bits per heavy atom. The quantitative estimate of drug-likeness (QED) is 0.881. The van der Waals surface area contributed by atoms with Crippen molar-refractivity contribution in [2.45, 2.75) is 13.0 Å². The molecule has 0 aliphatic rings. The first-order chi connectivity index (χ1) is 9.13. The molecule has 0 fully saturated rings. The fourth-order valence-corrected chi connectivity index (χ4v) is 1.91. The van der Waals surface area contributed by atoms with Crippen LogP contribution in [-0.4, -0.2) is 22.5 Å². The molecular weight excluding hydrogens is 240 g/mol. The van der Waals surface area contributed by atoms with Gasteiger partial charge in [-0.3, -0.25) is 4.79 Å². The summed E-state index contributed by atoms with van der Waals surface area (Å²) in [6.45, 7) is 2.05. The van der Waals surface area contributed by atoms with Gasteiger partial charge in [-0.2, -0.15) is 0 Å². The minimum atomic E-state index is -0.157. The zero-order valence-corrected chi connectivity index (χ0v) is 11.3. The summed E-state index contributed by atoms with van der Waals surface area (Å²) in [6, 6.07) is 7.94. The molecule has 1 amide bonds. The Kier molecular flexibility index (Phi) is 3.97. The second-order valence-electron chi connectivity index (χ2n) is 4.44. The average molecular weight is 258 g/mol. The zero-order valence-electron chi connectivity index (χ0n) is 11.3. The number of carbonyl (C=O) groups excluding carboxylic acids is 1. The van der Waals surface area contributed by atoms with Crippen LogP contribution in [0, 0.1) is 0 Å². The number of anilines is 1. The lowest BCUT2D eigenvalue weighted by Crippen LogP contribution is -2.19. The molecule has 0 aliphatic carbocycles. The third kappa shape index (κ3) is 2.82. The number of carbonyl (C=O) groups is 1. The van der Waals surface area contributed by atoms with Crippen LogP contribution < -0.4 is 10.6 Å². The van der Waals surface area contributed by atoms with Gasteiger partial charge in [0.2, 0.25) is 0 Å². The van der Waals surface area contributed by atoms with Gasteiger partial charge in [0.05, 0.1) is 12.5 Å². The van der Waals surface area contributed by atoms with Crippen LogP contribution in [0.25, 0.3) is 0 Å². The van der Waals surface area contributed by atoms with Gasteiger partial charge in [-0.05, 0) is 25.6 Å². The molecule has 1 atom stereocenters. The monoisotopic (exact) mass is 258 g/mol. The van der Waals surface area contributed by atoms with E-state index in [4.69, 9.17) is 0 Å². The van der Waals surface area contributed by atoms with E-state index in [2.05, 4.69) is 22.5 Å². The van der Waals surface area contributed by atoms with Crippen LogP contribution in [0.5, 0.6) is 0 Å². The molecule has 100 valence electrons. The van der Waals surface area contributed by atoms with Crippen LogP contribution in [0.4, 0.5) is 5.69 Å². The van der Waals surface area contributed by atoms with E-state index in [1.807, 2.05) is 31.3 Å². The van der Waals surface area contributed by atoms with Crippen LogP contribution in [0.3, 0.4) is 0 Å². The number of imidazole rings is 1. The number of para-hydroxylation sites is 1. The van der Waals surface area contributed by atoms with E-state index in [9.17, 15) is 4.79 Å². The van der Waals surface area contributed by atoms with Gasteiger partial charge in [0.15, 0.2) is 0 Å². The number of aromatic nitrogens is 2. The van der Waals surface area contributed by atoms with E-state index in [1.165, 1.54) is 0 Å². The molecule has 0 radical (unpaired) electrons. The molecule has 1 aromatic carbocycles. The normalized spacial score (nSPS) is 12.2. The second kappa shape index (κ2) is 5.67. The van der Waals surface area contributed by atoms with Crippen molar-refractivity contribution in [3.05, 3.63) is 48.0 Å². The Morgan fingerprint density at radius 1 is 1.37 bits per heavy atom. The highest BCUT2D eigenvalue weighted by molar-refractivity contribution is 6.03. The van der Waals surface area contributed by atoms with Crippen LogP contribution >= 0.6 is 0 Å². The number of rotatable bonds is 4. The Hall–Kier alpha value is -2.14. The number of benzene rings is 1. The first-order valence-electron chi connectivity index (χ1n) is 6.17. The van der Waals surface area contributed by atoms with Crippen molar-refractivity contribution >= 4 is 11.6 Å². The SMILES string of the molecule is CNC(C)c1ccccc1NC(=O)c1cncn1C. The molecule has 0 bridgehead atoms. The average Bonchev–Trinajstić information content (AvgIpc) is 2.85. The standard InChI is InChI=1S/C14H18N4O/c1-10(15-2)11-6-4-5-7-12(11)17-14(19)13-8-16-9-18(13)3/h4-10,15H,1-3H3,(H,17,19). The van der Waals surface area contributed by atoms with Crippen LogP contribution in [0.1, 0.15) is 29.0 Å². The molecular formula is C14H18N4O. The van der Waals surface area contributed by atoms with Crippen molar-refractivity contribution in [3.63, 3.8) is 0 Å². The van der Waals surface area contributed by atoms with Gasteiger partial charge in [-0.15, -0.1) is 0 Å². The minimum Gasteiger partial charge on any atom is -0.330 e. The van der Waals surface area contributed by atoms with Gasteiger partial charge in [0.1, 0.15) is 5.69 Å². The Balaban J connectivity index is 2.24. The first kappa shape index (κ1) is 13.3. The number of nitrogens with zero attached hydrogens (tertiary/aromatic N) is 2. The summed E-state index contributed by atoms with van der Waals surface area (Å²) in [6.07, 6.45) is 3.16. The molecule has 0 spiro atoms. The highest BCUT2D eigenvalue weighted by Gasteiger charge is 2.14. The largest absolute Gasteiger partial charge is 0.330 e. The van der Waals surface area contributed by atoms with E-state index in [0.717, 1.165) is 11.3 Å². The van der Waals surface area contributed by atoms with Gasteiger partial charge >= 0.3 is 0 Å². The van der Waals surface area contributed by atoms with Crippen LogP contribution in [-0.2, 0) is 7.05 Å². The number of aryl methyl sites for hydroxylation is 1. The van der Waals surface area contributed by atoms with Crippen molar-refractivity contribution in [1.29, 1.82) is 0 Å². The second-order valence-corrected chi connectivity index (χ2v) is 4.44. The molecule has 2 rings (SSSR count). The summed E-state index contributed by atoms with van der Waals surface area (Å²) in [5.41, 5.74) is 2.41. The number of hydrogen-bond donors (Lipinski definition) is 2. The lowest BCUT2D eigenvalue weighted by molar-refractivity contribution is 0.101. The Labute approximate surface area is 112 Å². The maximum Gasteiger partial charge on any atom is 0.273 e. The van der Waals surface area contributed by atoms with Crippen LogP contribution in [0.2, 0.25) is 0 Å². The molecule has 0 saturated heterocycles. The number of nitrogens with one attached hydrogen (secondary N) is 2. The summed E-state index contributed by atoms with van der Waals surface area (Å²) in [7, 11) is 3.69. The fourth-order valence-electron chi connectivity index (χ4n) is 1.91. The predicted octanol–water partition coefficient (Wildman–Crippen LogP) is 1.95. The zero-order chi connectivity index (χ0) is 13.8. The summed E-state index contributed by atoms with van der Waals surface area (Å²) < 4.78 is 1.69. The van der Waals surface area contributed by atoms with E-state index >= 15 is 0 Å². The Morgan fingerprint density at radius 2 is 2.11 bits per heavy atom. The number of amides is 1. The van der Waals surface area contributed by atoms with Crippen molar-refractivity contribution in [1.82, 2.24) is 14.9 Å². The van der Waals surface area contributed by atoms with E-state index in [-0.39, 0.29) is 11.9 Å². The lowest BCUT2D eigenvalue weighted by Gasteiger charge is -2.16. The van der Waals surface area contributed by atoms with Gasteiger partial charge in [-0.25, -0.2) is 4.98 Å².